The number of rotatable bonds is 11. The number of ketones is 1. The van der Waals surface area contributed by atoms with Gasteiger partial charge in [-0.15, -0.1) is 12.4 Å². The molecule has 0 atom stereocenters. The number of ether oxygens (including phenoxy) is 2. The minimum atomic E-state index is -0.119. The predicted octanol–water partition coefficient (Wildman–Crippen LogP) is 4.24. The van der Waals surface area contributed by atoms with Crippen molar-refractivity contribution in [2.45, 2.75) is 52.4 Å². The molecule has 27 heavy (non-hydrogen) atoms. The van der Waals surface area contributed by atoms with Gasteiger partial charge in [-0.2, -0.15) is 0 Å². The fourth-order valence-corrected chi connectivity index (χ4v) is 3.33. The zero-order chi connectivity index (χ0) is 18.8. The molecule has 0 spiro atoms. The Morgan fingerprint density at radius 2 is 1.89 bits per heavy atom. The van der Waals surface area contributed by atoms with Crippen LogP contribution in [0.25, 0.3) is 0 Å². The number of benzene rings is 1. The van der Waals surface area contributed by atoms with Gasteiger partial charge in [-0.1, -0.05) is 26.2 Å². The molecule has 0 bridgehead atoms. The lowest BCUT2D eigenvalue weighted by atomic mass is 10.0. The molecule has 1 aromatic carbocycles. The molecule has 1 saturated heterocycles. The van der Waals surface area contributed by atoms with Gasteiger partial charge in [0.05, 0.1) is 25.4 Å². The number of carbonyl (C=O) groups excluding carboxylic acids is 1. The highest BCUT2D eigenvalue weighted by Gasteiger charge is 2.15. The summed E-state index contributed by atoms with van der Waals surface area (Å²) in [7, 11) is 0. The highest BCUT2D eigenvalue weighted by atomic mass is 35.5. The Labute approximate surface area is 169 Å². The third-order valence-corrected chi connectivity index (χ3v) is 4.85. The number of phenols is 1. The van der Waals surface area contributed by atoms with Crippen LogP contribution in [0.5, 0.6) is 11.5 Å². The Morgan fingerprint density at radius 1 is 1.19 bits per heavy atom. The monoisotopic (exact) mass is 399 g/mol. The van der Waals surface area contributed by atoms with E-state index in [4.69, 9.17) is 9.47 Å². The smallest absolute Gasteiger partial charge is 0.163 e. The van der Waals surface area contributed by atoms with Gasteiger partial charge in [-0.25, -0.2) is 0 Å². The molecule has 5 nitrogen and oxygen atoms in total. The summed E-state index contributed by atoms with van der Waals surface area (Å²) in [5.74, 6) is 0.677. The van der Waals surface area contributed by atoms with Crippen molar-refractivity contribution >= 4 is 18.2 Å². The molecule has 1 aromatic rings. The molecule has 0 aliphatic carbocycles. The number of hydrogen-bond acceptors (Lipinski definition) is 5. The van der Waals surface area contributed by atoms with Gasteiger partial charge in [0.1, 0.15) is 11.5 Å². The number of carbonyl (C=O) groups is 1. The average molecular weight is 400 g/mol. The molecule has 1 aliphatic heterocycles. The minimum Gasteiger partial charge on any atom is -0.507 e. The van der Waals surface area contributed by atoms with Gasteiger partial charge in [-0.3, -0.25) is 9.69 Å². The molecule has 0 saturated carbocycles. The molecule has 0 aromatic heterocycles. The SMILES string of the molecule is CCCc1c(OCCCCCCN2CCOCC2)ccc(C(C)=O)c1O.Cl. The molecular formula is C21H34ClNO4. The summed E-state index contributed by atoms with van der Waals surface area (Å²) in [5.41, 5.74) is 1.14. The van der Waals surface area contributed by atoms with Gasteiger partial charge in [0.25, 0.3) is 0 Å². The molecule has 1 aliphatic rings. The molecule has 0 unspecified atom stereocenters. The van der Waals surface area contributed by atoms with Crippen molar-refractivity contribution in [3.8, 4) is 11.5 Å². The Balaban J connectivity index is 0.00000364. The first-order chi connectivity index (χ1) is 12.6. The summed E-state index contributed by atoms with van der Waals surface area (Å²) in [6, 6.07) is 3.48. The number of halogens is 1. The van der Waals surface area contributed by atoms with Crippen LogP contribution in [0, 0.1) is 0 Å². The van der Waals surface area contributed by atoms with Gasteiger partial charge in [0.15, 0.2) is 5.78 Å². The maximum Gasteiger partial charge on any atom is 0.163 e. The Kier molecular flexibility index (Phi) is 11.4. The molecule has 1 fully saturated rings. The van der Waals surface area contributed by atoms with Crippen molar-refractivity contribution in [3.05, 3.63) is 23.3 Å². The van der Waals surface area contributed by atoms with Crippen LogP contribution >= 0.6 is 12.4 Å². The molecule has 1 heterocycles. The molecule has 0 amide bonds. The largest absolute Gasteiger partial charge is 0.507 e. The topological polar surface area (TPSA) is 59.0 Å². The fraction of sp³-hybridized carbons (Fsp3) is 0.667. The standard InChI is InChI=1S/C21H33NO4.ClH/c1-3-8-19-20(10-9-18(17(2)23)21(19)24)26-14-7-5-4-6-11-22-12-15-25-16-13-22;/h9-10,24H,3-8,11-16H2,1-2H3;1H. The quantitative estimate of drug-likeness (QED) is 0.445. The fourth-order valence-electron chi connectivity index (χ4n) is 3.33. The first-order valence-corrected chi connectivity index (χ1v) is 9.92. The Hall–Kier alpha value is -1.30. The van der Waals surface area contributed by atoms with Gasteiger partial charge in [-0.05, 0) is 44.9 Å². The number of hydrogen-bond donors (Lipinski definition) is 1. The van der Waals surface area contributed by atoms with E-state index in [1.54, 1.807) is 6.07 Å². The highest BCUT2D eigenvalue weighted by Crippen LogP contribution is 2.33. The van der Waals surface area contributed by atoms with Crippen molar-refractivity contribution in [2.75, 3.05) is 39.5 Å². The zero-order valence-corrected chi connectivity index (χ0v) is 17.5. The second kappa shape index (κ2) is 13.0. The zero-order valence-electron chi connectivity index (χ0n) is 16.7. The van der Waals surface area contributed by atoms with Gasteiger partial charge in [0.2, 0.25) is 0 Å². The summed E-state index contributed by atoms with van der Waals surface area (Å²) in [6.45, 7) is 9.18. The van der Waals surface area contributed by atoms with E-state index < -0.39 is 0 Å². The summed E-state index contributed by atoms with van der Waals surface area (Å²) in [4.78, 5) is 14.1. The maximum atomic E-state index is 11.6. The second-order valence-corrected chi connectivity index (χ2v) is 6.96. The summed E-state index contributed by atoms with van der Waals surface area (Å²) >= 11 is 0. The number of morpholine rings is 1. The van der Waals surface area contributed by atoms with E-state index in [9.17, 15) is 9.90 Å². The molecule has 0 radical (unpaired) electrons. The Morgan fingerprint density at radius 3 is 2.56 bits per heavy atom. The van der Waals surface area contributed by atoms with Crippen LogP contribution < -0.4 is 4.74 Å². The summed E-state index contributed by atoms with van der Waals surface area (Å²) in [5, 5.41) is 10.4. The minimum absolute atomic E-state index is 0. The second-order valence-electron chi connectivity index (χ2n) is 6.96. The molecule has 154 valence electrons. The van der Waals surface area contributed by atoms with Crippen molar-refractivity contribution in [2.24, 2.45) is 0 Å². The Bertz CT molecular complexity index is 574. The van der Waals surface area contributed by atoms with Gasteiger partial charge in [0, 0.05) is 18.7 Å². The van der Waals surface area contributed by atoms with Crippen LogP contribution in [0.4, 0.5) is 0 Å². The van der Waals surface area contributed by atoms with Crippen LogP contribution in [0.3, 0.4) is 0 Å². The summed E-state index contributed by atoms with van der Waals surface area (Å²) in [6.07, 6.45) is 6.18. The lowest BCUT2D eigenvalue weighted by molar-refractivity contribution is 0.0371. The van der Waals surface area contributed by atoms with Crippen LogP contribution in [-0.2, 0) is 11.2 Å². The van der Waals surface area contributed by atoms with E-state index in [-0.39, 0.29) is 23.9 Å². The number of Topliss-reactive ketones (excluding diaryl/α,β-unsaturated/α-hetero) is 1. The normalized spacial score (nSPS) is 14.6. The van der Waals surface area contributed by atoms with Crippen LogP contribution in [0.2, 0.25) is 0 Å². The lowest BCUT2D eigenvalue weighted by Gasteiger charge is -2.26. The van der Waals surface area contributed by atoms with E-state index in [2.05, 4.69) is 11.8 Å². The van der Waals surface area contributed by atoms with Gasteiger partial charge < -0.3 is 14.6 Å². The van der Waals surface area contributed by atoms with E-state index in [0.717, 1.165) is 57.7 Å². The van der Waals surface area contributed by atoms with Crippen molar-refractivity contribution in [1.29, 1.82) is 0 Å². The van der Waals surface area contributed by atoms with E-state index in [1.165, 1.54) is 19.8 Å². The van der Waals surface area contributed by atoms with E-state index in [1.807, 2.05) is 6.07 Å². The number of phenolic OH excluding ortho intramolecular Hbond substituents is 1. The average Bonchev–Trinajstić information content (AvgIpc) is 2.64. The van der Waals surface area contributed by atoms with Crippen molar-refractivity contribution < 1.29 is 19.4 Å². The van der Waals surface area contributed by atoms with Crippen molar-refractivity contribution in [3.63, 3.8) is 0 Å². The van der Waals surface area contributed by atoms with Crippen LogP contribution in [0.1, 0.15) is 61.9 Å². The van der Waals surface area contributed by atoms with E-state index >= 15 is 0 Å². The number of unbranched alkanes of at least 4 members (excludes halogenated alkanes) is 3. The third-order valence-electron chi connectivity index (χ3n) is 4.85. The third kappa shape index (κ3) is 7.68. The molecule has 6 heteroatoms. The van der Waals surface area contributed by atoms with Crippen molar-refractivity contribution in [1.82, 2.24) is 4.90 Å². The molecular weight excluding hydrogens is 366 g/mol. The van der Waals surface area contributed by atoms with Crippen LogP contribution in [-0.4, -0.2) is 55.2 Å². The highest BCUT2D eigenvalue weighted by molar-refractivity contribution is 5.97. The predicted molar refractivity (Wildman–Crippen MR) is 111 cm³/mol. The molecule has 2 rings (SSSR count). The molecule has 1 N–H and O–H groups in total. The first kappa shape index (κ1) is 23.7. The number of nitrogens with zero attached hydrogens (tertiary/aromatic N) is 1. The maximum absolute atomic E-state index is 11.6. The number of aromatic hydroxyl groups is 1. The lowest BCUT2D eigenvalue weighted by Crippen LogP contribution is -2.36. The first-order valence-electron chi connectivity index (χ1n) is 9.92. The van der Waals surface area contributed by atoms with Gasteiger partial charge >= 0.3 is 0 Å². The van der Waals surface area contributed by atoms with Crippen LogP contribution in [0.15, 0.2) is 12.1 Å². The van der Waals surface area contributed by atoms with E-state index in [0.29, 0.717) is 24.3 Å². The summed E-state index contributed by atoms with van der Waals surface area (Å²) < 4.78 is 11.3.